The number of rotatable bonds is 4. The van der Waals surface area contributed by atoms with Crippen LogP contribution in [-0.2, 0) is 26.3 Å². The molecule has 2 saturated heterocycles. The van der Waals surface area contributed by atoms with Crippen molar-refractivity contribution < 1.29 is 19.7 Å². The SMILES string of the molecule is C=CCN1C(=O)[C@@]2([NH2+][C@H](Cc3ccccc3)[C@H]3C(=O)N(C)C(=O)[C@H]32)c2ccccc21. The van der Waals surface area contributed by atoms with E-state index in [1.165, 1.54) is 11.9 Å². The number of imide groups is 1. The lowest BCUT2D eigenvalue weighted by atomic mass is 9.76. The molecule has 6 nitrogen and oxygen atoms in total. The van der Waals surface area contributed by atoms with Gasteiger partial charge in [-0.2, -0.15) is 0 Å². The number of likely N-dealkylation sites (tertiary alicyclic amines) is 1. The molecule has 0 saturated carbocycles. The van der Waals surface area contributed by atoms with Crippen LogP contribution in [0, 0.1) is 11.8 Å². The van der Waals surface area contributed by atoms with Crippen LogP contribution >= 0.6 is 0 Å². The number of nitrogens with zero attached hydrogens (tertiary/aromatic N) is 2. The highest BCUT2D eigenvalue weighted by atomic mass is 16.2. The molecular formula is C24H24N3O3+. The second-order valence-electron chi connectivity index (χ2n) is 8.35. The second-order valence-corrected chi connectivity index (χ2v) is 8.35. The van der Waals surface area contributed by atoms with E-state index in [1.807, 2.05) is 59.9 Å². The van der Waals surface area contributed by atoms with E-state index in [4.69, 9.17) is 0 Å². The van der Waals surface area contributed by atoms with E-state index in [0.717, 1.165) is 16.8 Å². The molecule has 3 aliphatic rings. The second kappa shape index (κ2) is 6.64. The van der Waals surface area contributed by atoms with Gasteiger partial charge in [-0.25, -0.2) is 0 Å². The van der Waals surface area contributed by atoms with E-state index in [1.54, 1.807) is 11.0 Å². The Morgan fingerprint density at radius 1 is 1.03 bits per heavy atom. The summed E-state index contributed by atoms with van der Waals surface area (Å²) >= 11 is 0. The predicted octanol–water partition coefficient (Wildman–Crippen LogP) is 0.834. The summed E-state index contributed by atoms with van der Waals surface area (Å²) in [4.78, 5) is 43.1. The standard InChI is InChI=1S/C24H23N3O3/c1-3-13-27-18-12-8-7-11-16(18)24(23(27)30)20-19(21(28)26(2)22(20)29)17(25-24)14-15-9-5-4-6-10-15/h3-12,17,19-20,25H,1,13-14H2,2H3/p+1/t17-,19-,20+,24-/m1/s1. The number of benzene rings is 2. The Hall–Kier alpha value is -3.25. The van der Waals surface area contributed by atoms with Crippen molar-refractivity contribution in [2.75, 3.05) is 18.5 Å². The summed E-state index contributed by atoms with van der Waals surface area (Å²) in [5, 5.41) is 2.00. The van der Waals surface area contributed by atoms with Crippen LogP contribution < -0.4 is 10.2 Å². The molecule has 2 fully saturated rings. The molecule has 0 unspecified atom stereocenters. The van der Waals surface area contributed by atoms with Crippen LogP contribution in [0.25, 0.3) is 0 Å². The van der Waals surface area contributed by atoms with Gasteiger partial charge in [0.15, 0.2) is 0 Å². The van der Waals surface area contributed by atoms with Gasteiger partial charge in [-0.05, 0) is 11.6 Å². The molecule has 30 heavy (non-hydrogen) atoms. The summed E-state index contributed by atoms with van der Waals surface area (Å²) in [6, 6.07) is 17.3. The van der Waals surface area contributed by atoms with E-state index in [0.29, 0.717) is 13.0 Å². The Labute approximate surface area is 175 Å². The third kappa shape index (κ3) is 2.31. The minimum Gasteiger partial charge on any atom is -0.326 e. The summed E-state index contributed by atoms with van der Waals surface area (Å²) in [6.07, 6.45) is 2.31. The molecule has 0 aromatic heterocycles. The quantitative estimate of drug-likeness (QED) is 0.608. The highest BCUT2D eigenvalue weighted by Crippen LogP contribution is 2.50. The molecule has 0 bridgehead atoms. The third-order valence-electron chi connectivity index (χ3n) is 6.87. The number of amides is 3. The topological polar surface area (TPSA) is 74.3 Å². The van der Waals surface area contributed by atoms with Crippen LogP contribution in [0.2, 0.25) is 0 Å². The lowest BCUT2D eigenvalue weighted by Crippen LogP contribution is -2.99. The zero-order chi connectivity index (χ0) is 21.0. The number of hydrogen-bond acceptors (Lipinski definition) is 3. The van der Waals surface area contributed by atoms with Crippen molar-refractivity contribution in [1.29, 1.82) is 0 Å². The maximum absolute atomic E-state index is 13.8. The molecule has 3 aliphatic heterocycles. The Kier molecular flexibility index (Phi) is 4.15. The van der Waals surface area contributed by atoms with Crippen LogP contribution in [0.1, 0.15) is 11.1 Å². The number of quaternary nitrogens is 1. The maximum atomic E-state index is 13.8. The fourth-order valence-corrected chi connectivity index (χ4v) is 5.64. The number of para-hydroxylation sites is 1. The van der Waals surface area contributed by atoms with Crippen LogP contribution in [0.4, 0.5) is 5.69 Å². The highest BCUT2D eigenvalue weighted by Gasteiger charge is 2.74. The summed E-state index contributed by atoms with van der Waals surface area (Å²) in [5.41, 5.74) is 1.60. The summed E-state index contributed by atoms with van der Waals surface area (Å²) < 4.78 is 0. The molecule has 2 aromatic carbocycles. The zero-order valence-electron chi connectivity index (χ0n) is 16.8. The molecule has 6 heteroatoms. The van der Waals surface area contributed by atoms with Gasteiger partial charge in [0.1, 0.15) is 17.9 Å². The first-order valence-electron chi connectivity index (χ1n) is 10.2. The Morgan fingerprint density at radius 2 is 1.73 bits per heavy atom. The van der Waals surface area contributed by atoms with E-state index in [-0.39, 0.29) is 23.8 Å². The molecular weight excluding hydrogens is 378 g/mol. The number of carbonyl (C=O) groups is 3. The van der Waals surface area contributed by atoms with Gasteiger partial charge in [0.2, 0.25) is 17.4 Å². The molecule has 3 heterocycles. The van der Waals surface area contributed by atoms with Gasteiger partial charge in [-0.3, -0.25) is 19.3 Å². The lowest BCUT2D eigenvalue weighted by Gasteiger charge is -2.26. The number of hydrogen-bond donors (Lipinski definition) is 1. The minimum absolute atomic E-state index is 0.134. The first-order chi connectivity index (χ1) is 14.5. The normalized spacial score (nSPS) is 29.6. The van der Waals surface area contributed by atoms with Crippen LogP contribution in [0.5, 0.6) is 0 Å². The maximum Gasteiger partial charge on any atom is 0.294 e. The molecule has 0 aliphatic carbocycles. The first kappa shape index (κ1) is 18.8. The molecule has 3 amide bonds. The minimum atomic E-state index is -1.11. The average molecular weight is 402 g/mol. The van der Waals surface area contributed by atoms with Gasteiger partial charge in [-0.1, -0.05) is 54.6 Å². The number of carbonyl (C=O) groups excluding carboxylic acids is 3. The number of fused-ring (bicyclic) bond motifs is 4. The van der Waals surface area contributed by atoms with Crippen molar-refractivity contribution in [1.82, 2.24) is 4.90 Å². The summed E-state index contributed by atoms with van der Waals surface area (Å²) in [5.74, 6) is -1.81. The predicted molar refractivity (Wildman–Crippen MR) is 111 cm³/mol. The fraction of sp³-hybridized carbons (Fsp3) is 0.292. The highest BCUT2D eigenvalue weighted by molar-refractivity contribution is 6.14. The first-order valence-corrected chi connectivity index (χ1v) is 10.2. The van der Waals surface area contributed by atoms with Gasteiger partial charge in [0.25, 0.3) is 5.91 Å². The van der Waals surface area contributed by atoms with Gasteiger partial charge >= 0.3 is 0 Å². The zero-order valence-corrected chi connectivity index (χ0v) is 16.8. The molecule has 2 N–H and O–H groups in total. The van der Waals surface area contributed by atoms with Crippen molar-refractivity contribution in [3.63, 3.8) is 0 Å². The Balaban J connectivity index is 1.66. The molecule has 5 rings (SSSR count). The Morgan fingerprint density at radius 3 is 2.47 bits per heavy atom. The van der Waals surface area contributed by atoms with Crippen LogP contribution in [-0.4, -0.2) is 42.3 Å². The number of anilines is 1. The molecule has 1 spiro atoms. The van der Waals surface area contributed by atoms with Crippen molar-refractivity contribution in [2.45, 2.75) is 18.0 Å². The molecule has 152 valence electrons. The summed E-state index contributed by atoms with van der Waals surface area (Å²) in [7, 11) is 1.53. The van der Waals surface area contributed by atoms with Gasteiger partial charge in [0.05, 0.1) is 5.69 Å². The average Bonchev–Trinajstić information content (AvgIpc) is 3.30. The smallest absolute Gasteiger partial charge is 0.294 e. The van der Waals surface area contributed by atoms with E-state index >= 15 is 0 Å². The van der Waals surface area contributed by atoms with Crippen molar-refractivity contribution in [3.05, 3.63) is 78.4 Å². The third-order valence-corrected chi connectivity index (χ3v) is 6.87. The van der Waals surface area contributed by atoms with Crippen molar-refractivity contribution in [2.24, 2.45) is 11.8 Å². The number of nitrogens with two attached hydrogens (primary N) is 1. The Bertz CT molecular complexity index is 1070. The van der Waals surface area contributed by atoms with Gasteiger partial charge in [-0.15, -0.1) is 6.58 Å². The van der Waals surface area contributed by atoms with E-state index < -0.39 is 17.4 Å². The monoisotopic (exact) mass is 402 g/mol. The van der Waals surface area contributed by atoms with Gasteiger partial charge in [0, 0.05) is 25.6 Å². The largest absolute Gasteiger partial charge is 0.326 e. The lowest BCUT2D eigenvalue weighted by molar-refractivity contribution is -0.733. The molecule has 2 aromatic rings. The van der Waals surface area contributed by atoms with Crippen LogP contribution in [0.15, 0.2) is 67.3 Å². The van der Waals surface area contributed by atoms with Gasteiger partial charge < -0.3 is 10.2 Å². The molecule has 4 atom stereocenters. The van der Waals surface area contributed by atoms with Crippen molar-refractivity contribution in [3.8, 4) is 0 Å². The van der Waals surface area contributed by atoms with E-state index in [9.17, 15) is 14.4 Å². The van der Waals surface area contributed by atoms with Crippen molar-refractivity contribution >= 4 is 23.4 Å². The summed E-state index contributed by atoms with van der Waals surface area (Å²) in [6.45, 7) is 4.15. The fourth-order valence-electron chi connectivity index (χ4n) is 5.64. The van der Waals surface area contributed by atoms with Crippen LogP contribution in [0.3, 0.4) is 0 Å². The van der Waals surface area contributed by atoms with E-state index in [2.05, 4.69) is 6.58 Å². The molecule has 0 radical (unpaired) electrons.